The predicted molar refractivity (Wildman–Crippen MR) is 155 cm³/mol. The van der Waals surface area contributed by atoms with Crippen molar-refractivity contribution in [1.29, 1.82) is 0 Å². The minimum atomic E-state index is -0.134. The predicted octanol–water partition coefficient (Wildman–Crippen LogP) is 4.75. The van der Waals surface area contributed by atoms with Crippen molar-refractivity contribution in [2.45, 2.75) is 45.6 Å². The Morgan fingerprint density at radius 2 is 1.64 bits per heavy atom. The van der Waals surface area contributed by atoms with Crippen molar-refractivity contribution in [1.82, 2.24) is 14.7 Å². The number of piperidine rings is 1. The molecule has 212 valence electrons. The van der Waals surface area contributed by atoms with Crippen LogP contribution >= 0.6 is 0 Å². The van der Waals surface area contributed by atoms with E-state index < -0.39 is 0 Å². The zero-order chi connectivity index (χ0) is 27.6. The zero-order valence-electron chi connectivity index (χ0n) is 23.7. The number of ether oxygens (including phenoxy) is 2. The van der Waals surface area contributed by atoms with E-state index in [2.05, 4.69) is 36.2 Å². The molecule has 8 nitrogen and oxygen atoms in total. The van der Waals surface area contributed by atoms with Crippen LogP contribution in [0.25, 0.3) is 0 Å². The topological polar surface area (TPSA) is 74.4 Å². The van der Waals surface area contributed by atoms with Crippen LogP contribution in [-0.4, -0.2) is 92.3 Å². The first-order valence-electron chi connectivity index (χ1n) is 14.4. The van der Waals surface area contributed by atoms with Crippen molar-refractivity contribution in [3.63, 3.8) is 0 Å². The van der Waals surface area contributed by atoms with Gasteiger partial charge < -0.3 is 29.5 Å². The third-order valence-corrected chi connectivity index (χ3v) is 7.89. The maximum Gasteiger partial charge on any atom is 0.320 e. The second kappa shape index (κ2) is 14.3. The third kappa shape index (κ3) is 8.19. The Hall–Kier alpha value is -3.10. The van der Waals surface area contributed by atoms with Crippen LogP contribution in [0.3, 0.4) is 0 Å². The van der Waals surface area contributed by atoms with E-state index in [1.54, 1.807) is 31.4 Å². The summed E-state index contributed by atoms with van der Waals surface area (Å²) in [5, 5.41) is 2.98. The minimum absolute atomic E-state index is 0.134. The van der Waals surface area contributed by atoms with E-state index in [1.165, 1.54) is 5.56 Å². The molecule has 0 radical (unpaired) electrons. The number of carbonyl (C=O) groups excluding carboxylic acids is 2. The summed E-state index contributed by atoms with van der Waals surface area (Å²) >= 11 is 0. The molecule has 2 fully saturated rings. The molecule has 8 heteroatoms. The number of benzene rings is 2. The Balaban J connectivity index is 1.25. The average molecular weight is 537 g/mol. The van der Waals surface area contributed by atoms with Gasteiger partial charge in [0.15, 0.2) is 0 Å². The van der Waals surface area contributed by atoms with E-state index >= 15 is 0 Å². The summed E-state index contributed by atoms with van der Waals surface area (Å²) in [6.45, 7) is 11.1. The van der Waals surface area contributed by atoms with Crippen molar-refractivity contribution in [3.8, 4) is 5.75 Å². The van der Waals surface area contributed by atoms with Crippen molar-refractivity contribution >= 4 is 17.6 Å². The second-order valence-electron chi connectivity index (χ2n) is 10.7. The molecule has 0 saturated carbocycles. The van der Waals surface area contributed by atoms with Crippen molar-refractivity contribution in [2.24, 2.45) is 5.92 Å². The highest BCUT2D eigenvalue weighted by atomic mass is 16.5. The molecular formula is C31H44N4O4. The molecular weight excluding hydrogens is 492 g/mol. The fraction of sp³-hybridized carbons (Fsp3) is 0.548. The van der Waals surface area contributed by atoms with Crippen molar-refractivity contribution in [3.05, 3.63) is 59.7 Å². The summed E-state index contributed by atoms with van der Waals surface area (Å²) in [5.74, 6) is 1.21. The maximum atomic E-state index is 12.8. The number of nitrogens with one attached hydrogen (secondary N) is 1. The lowest BCUT2D eigenvalue weighted by Crippen LogP contribution is -2.51. The molecule has 1 atom stereocenters. The molecule has 0 spiro atoms. The van der Waals surface area contributed by atoms with Crippen LogP contribution in [0.1, 0.15) is 49.0 Å². The number of amides is 3. The molecule has 1 unspecified atom stereocenters. The van der Waals surface area contributed by atoms with Gasteiger partial charge in [-0.3, -0.25) is 4.79 Å². The number of morpholine rings is 1. The number of hydrogen-bond acceptors (Lipinski definition) is 5. The van der Waals surface area contributed by atoms with Gasteiger partial charge in [-0.2, -0.15) is 0 Å². The molecule has 2 aromatic rings. The first-order chi connectivity index (χ1) is 19.0. The van der Waals surface area contributed by atoms with E-state index in [4.69, 9.17) is 9.47 Å². The minimum Gasteiger partial charge on any atom is -0.497 e. The summed E-state index contributed by atoms with van der Waals surface area (Å²) in [7, 11) is 1.61. The number of likely N-dealkylation sites (tertiary alicyclic amines) is 1. The van der Waals surface area contributed by atoms with Gasteiger partial charge in [-0.25, -0.2) is 4.79 Å². The molecule has 0 bridgehead atoms. The second-order valence-corrected chi connectivity index (χ2v) is 10.7. The first kappa shape index (κ1) is 28.9. The first-order valence-corrected chi connectivity index (χ1v) is 14.4. The Morgan fingerprint density at radius 1 is 1.00 bits per heavy atom. The van der Waals surface area contributed by atoms with Gasteiger partial charge in [0.1, 0.15) is 5.75 Å². The Bertz CT molecular complexity index is 1050. The zero-order valence-corrected chi connectivity index (χ0v) is 23.7. The smallest absolute Gasteiger partial charge is 0.320 e. The molecule has 2 aromatic carbocycles. The van der Waals surface area contributed by atoms with Crippen molar-refractivity contribution < 1.29 is 19.1 Å². The monoisotopic (exact) mass is 536 g/mol. The lowest BCUT2D eigenvalue weighted by Gasteiger charge is -2.39. The fourth-order valence-electron chi connectivity index (χ4n) is 5.51. The molecule has 0 aromatic heterocycles. The van der Waals surface area contributed by atoms with Gasteiger partial charge in [0, 0.05) is 50.0 Å². The van der Waals surface area contributed by atoms with Gasteiger partial charge >= 0.3 is 6.03 Å². The molecule has 2 heterocycles. The highest BCUT2D eigenvalue weighted by molar-refractivity contribution is 6.04. The molecule has 3 amide bonds. The van der Waals surface area contributed by atoms with Crippen LogP contribution < -0.4 is 10.1 Å². The van der Waals surface area contributed by atoms with Gasteiger partial charge in [-0.1, -0.05) is 19.1 Å². The van der Waals surface area contributed by atoms with Crippen molar-refractivity contribution in [2.75, 3.05) is 64.9 Å². The van der Waals surface area contributed by atoms with Crippen LogP contribution in [0.5, 0.6) is 5.75 Å². The van der Waals surface area contributed by atoms with E-state index in [0.717, 1.165) is 63.3 Å². The molecule has 4 rings (SSSR count). The van der Waals surface area contributed by atoms with Crippen LogP contribution in [0.2, 0.25) is 0 Å². The lowest BCUT2D eigenvalue weighted by atomic mass is 9.95. The fourth-order valence-corrected chi connectivity index (χ4v) is 5.51. The number of rotatable bonds is 10. The highest BCUT2D eigenvalue weighted by Gasteiger charge is 2.28. The number of carbonyl (C=O) groups is 2. The van der Waals surface area contributed by atoms with Gasteiger partial charge in [0.2, 0.25) is 0 Å². The van der Waals surface area contributed by atoms with Crippen LogP contribution in [0.15, 0.2) is 48.5 Å². The molecule has 2 aliphatic heterocycles. The Morgan fingerprint density at radius 3 is 2.26 bits per heavy atom. The maximum absolute atomic E-state index is 12.8. The van der Waals surface area contributed by atoms with E-state index in [-0.39, 0.29) is 11.9 Å². The van der Waals surface area contributed by atoms with Gasteiger partial charge in [0.05, 0.1) is 20.3 Å². The standard InChI is InChI=1S/C31H44N4O4/c1-4-15-35(23-26-13-16-33(17-14-26)31(37)34-18-20-39-21-19-34)24(2)22-25-5-9-28(10-6-25)32-30(36)27-7-11-29(38-3)12-8-27/h5-12,24,26H,4,13-23H2,1-3H3,(H,32,36). The quantitative estimate of drug-likeness (QED) is 0.474. The number of methoxy groups -OCH3 is 1. The number of nitrogens with zero attached hydrogens (tertiary/aromatic N) is 3. The van der Waals surface area contributed by atoms with E-state index in [0.29, 0.717) is 43.8 Å². The summed E-state index contributed by atoms with van der Waals surface area (Å²) in [5.41, 5.74) is 2.65. The van der Waals surface area contributed by atoms with Gasteiger partial charge in [0.25, 0.3) is 5.91 Å². The van der Waals surface area contributed by atoms with Crippen LogP contribution in [-0.2, 0) is 11.2 Å². The van der Waals surface area contributed by atoms with Crippen LogP contribution in [0, 0.1) is 5.92 Å². The van der Waals surface area contributed by atoms with Crippen LogP contribution in [0.4, 0.5) is 10.5 Å². The van der Waals surface area contributed by atoms with E-state index in [1.807, 2.05) is 21.9 Å². The third-order valence-electron chi connectivity index (χ3n) is 7.89. The average Bonchev–Trinajstić information content (AvgIpc) is 2.98. The summed E-state index contributed by atoms with van der Waals surface area (Å²) in [6.07, 6.45) is 4.20. The summed E-state index contributed by atoms with van der Waals surface area (Å²) in [6, 6.07) is 15.9. The van der Waals surface area contributed by atoms with Gasteiger partial charge in [-0.05, 0) is 87.0 Å². The molecule has 0 aliphatic carbocycles. The summed E-state index contributed by atoms with van der Waals surface area (Å²) < 4.78 is 10.6. The van der Waals surface area contributed by atoms with Gasteiger partial charge in [-0.15, -0.1) is 0 Å². The molecule has 2 aliphatic rings. The summed E-state index contributed by atoms with van der Waals surface area (Å²) in [4.78, 5) is 32.0. The lowest BCUT2D eigenvalue weighted by molar-refractivity contribution is 0.0386. The molecule has 39 heavy (non-hydrogen) atoms. The molecule has 2 saturated heterocycles. The Kier molecular flexibility index (Phi) is 10.6. The normalized spacial score (nSPS) is 17.2. The number of hydrogen-bond donors (Lipinski definition) is 1. The highest BCUT2D eigenvalue weighted by Crippen LogP contribution is 2.22. The Labute approximate surface area is 233 Å². The van der Waals surface area contributed by atoms with E-state index in [9.17, 15) is 9.59 Å². The SMILES string of the molecule is CCCN(CC1CCN(C(=O)N2CCOCC2)CC1)C(C)Cc1ccc(NC(=O)c2ccc(OC)cc2)cc1. The number of anilines is 1. The molecule has 1 N–H and O–H groups in total. The largest absolute Gasteiger partial charge is 0.497 e. The number of urea groups is 1.